The monoisotopic (exact) mass is 381 g/mol. The van der Waals surface area contributed by atoms with Crippen molar-refractivity contribution in [2.24, 2.45) is 0 Å². The van der Waals surface area contributed by atoms with Crippen LogP contribution in [-0.4, -0.2) is 14.7 Å². The van der Waals surface area contributed by atoms with E-state index in [1.165, 1.54) is 0 Å². The number of carbonyl (C=O) groups excluding carboxylic acids is 1. The molecule has 0 bridgehead atoms. The van der Waals surface area contributed by atoms with E-state index in [-0.39, 0.29) is 11.3 Å². The van der Waals surface area contributed by atoms with E-state index in [0.717, 1.165) is 15.6 Å². The van der Waals surface area contributed by atoms with E-state index >= 15 is 0 Å². The lowest BCUT2D eigenvalue weighted by Crippen LogP contribution is -2.29. The average molecular weight is 382 g/mol. The molecule has 0 aliphatic rings. The van der Waals surface area contributed by atoms with Gasteiger partial charge in [-0.1, -0.05) is 45.8 Å². The molecule has 0 aromatic heterocycles. The smallest absolute Gasteiger partial charge is 0.241 e. The highest BCUT2D eigenvalue weighted by atomic mass is 79.9. The standard InChI is InChI=1S/C16H16BrNO3S/c1-12-2-8-15(9-3-12)22(20,21)18-16(10-11-19)13-4-6-14(17)7-5-13/h2-9,11,16,18H,10H2,1H3/t16-/m0/s1. The number of aldehydes is 1. The second-order valence-corrected chi connectivity index (χ2v) is 7.57. The van der Waals surface area contributed by atoms with Gasteiger partial charge in [0.15, 0.2) is 0 Å². The van der Waals surface area contributed by atoms with E-state index in [2.05, 4.69) is 20.7 Å². The first kappa shape index (κ1) is 16.9. The Kier molecular flexibility index (Phi) is 5.50. The van der Waals surface area contributed by atoms with Gasteiger partial charge in [-0.2, -0.15) is 0 Å². The van der Waals surface area contributed by atoms with E-state index in [1.54, 1.807) is 36.4 Å². The van der Waals surface area contributed by atoms with Crippen LogP contribution in [0.5, 0.6) is 0 Å². The summed E-state index contributed by atoms with van der Waals surface area (Å²) >= 11 is 3.33. The Morgan fingerprint density at radius 2 is 1.68 bits per heavy atom. The topological polar surface area (TPSA) is 63.2 Å². The first-order chi connectivity index (χ1) is 10.4. The highest BCUT2D eigenvalue weighted by Crippen LogP contribution is 2.22. The lowest BCUT2D eigenvalue weighted by atomic mass is 10.1. The maximum atomic E-state index is 12.4. The van der Waals surface area contributed by atoms with Gasteiger partial charge in [0.05, 0.1) is 10.9 Å². The zero-order valence-corrected chi connectivity index (χ0v) is 14.4. The molecular weight excluding hydrogens is 366 g/mol. The first-order valence-corrected chi connectivity index (χ1v) is 8.98. The Bertz CT molecular complexity index is 740. The normalized spacial score (nSPS) is 12.8. The van der Waals surface area contributed by atoms with Crippen molar-refractivity contribution in [3.8, 4) is 0 Å². The average Bonchev–Trinajstić information content (AvgIpc) is 2.48. The molecule has 2 aromatic rings. The highest BCUT2D eigenvalue weighted by Gasteiger charge is 2.21. The molecule has 0 fully saturated rings. The zero-order valence-electron chi connectivity index (χ0n) is 12.0. The minimum Gasteiger partial charge on any atom is -0.303 e. The zero-order chi connectivity index (χ0) is 16.2. The maximum absolute atomic E-state index is 12.4. The van der Waals surface area contributed by atoms with E-state index < -0.39 is 16.1 Å². The van der Waals surface area contributed by atoms with E-state index in [4.69, 9.17) is 0 Å². The van der Waals surface area contributed by atoms with Gasteiger partial charge in [-0.3, -0.25) is 0 Å². The molecule has 0 unspecified atom stereocenters. The third-order valence-corrected chi connectivity index (χ3v) is 5.25. The summed E-state index contributed by atoms with van der Waals surface area (Å²) in [5.41, 5.74) is 1.72. The van der Waals surface area contributed by atoms with E-state index in [1.807, 2.05) is 19.1 Å². The van der Waals surface area contributed by atoms with Gasteiger partial charge >= 0.3 is 0 Å². The molecule has 0 saturated heterocycles. The maximum Gasteiger partial charge on any atom is 0.241 e. The minimum atomic E-state index is -3.68. The minimum absolute atomic E-state index is 0.0761. The molecule has 0 aliphatic heterocycles. The van der Waals surface area contributed by atoms with Crippen LogP contribution in [0.15, 0.2) is 57.9 Å². The summed E-state index contributed by atoms with van der Waals surface area (Å²) < 4.78 is 28.3. The second kappa shape index (κ2) is 7.17. The fraction of sp³-hybridized carbons (Fsp3) is 0.188. The van der Waals surface area contributed by atoms with Crippen LogP contribution < -0.4 is 4.72 Å². The number of halogens is 1. The summed E-state index contributed by atoms with van der Waals surface area (Å²) in [6, 6.07) is 13.2. The van der Waals surface area contributed by atoms with Crippen LogP contribution in [0.25, 0.3) is 0 Å². The Morgan fingerprint density at radius 3 is 2.23 bits per heavy atom. The Labute approximate surface area is 138 Å². The molecule has 0 radical (unpaired) electrons. The summed E-state index contributed by atoms with van der Waals surface area (Å²) in [6.45, 7) is 1.89. The number of hydrogen-bond donors (Lipinski definition) is 1. The quantitative estimate of drug-likeness (QED) is 0.780. The highest BCUT2D eigenvalue weighted by molar-refractivity contribution is 9.10. The summed E-state index contributed by atoms with van der Waals surface area (Å²) in [7, 11) is -3.68. The molecule has 0 heterocycles. The van der Waals surface area contributed by atoms with Gasteiger partial charge in [0.2, 0.25) is 10.0 Å². The summed E-state index contributed by atoms with van der Waals surface area (Å²) in [5.74, 6) is 0. The lowest BCUT2D eigenvalue weighted by Gasteiger charge is -2.17. The molecule has 0 aliphatic carbocycles. The van der Waals surface area contributed by atoms with Crippen LogP contribution in [0.1, 0.15) is 23.6 Å². The molecule has 0 amide bonds. The van der Waals surface area contributed by atoms with Crippen LogP contribution in [0, 0.1) is 6.92 Å². The van der Waals surface area contributed by atoms with E-state index in [9.17, 15) is 13.2 Å². The van der Waals surface area contributed by atoms with Crippen molar-refractivity contribution in [3.63, 3.8) is 0 Å². The fourth-order valence-electron chi connectivity index (χ4n) is 2.02. The van der Waals surface area contributed by atoms with Crippen LogP contribution >= 0.6 is 15.9 Å². The van der Waals surface area contributed by atoms with Gasteiger partial charge in [-0.05, 0) is 36.8 Å². The molecular formula is C16H16BrNO3S. The molecule has 2 rings (SSSR count). The largest absolute Gasteiger partial charge is 0.303 e. The summed E-state index contributed by atoms with van der Waals surface area (Å²) in [4.78, 5) is 11.1. The molecule has 116 valence electrons. The van der Waals surface area contributed by atoms with Crippen molar-refractivity contribution in [2.45, 2.75) is 24.3 Å². The van der Waals surface area contributed by atoms with Crippen molar-refractivity contribution in [1.82, 2.24) is 4.72 Å². The van der Waals surface area contributed by atoms with Gasteiger partial charge in [-0.25, -0.2) is 13.1 Å². The Morgan fingerprint density at radius 1 is 1.09 bits per heavy atom. The Hall–Kier alpha value is -1.50. The van der Waals surface area contributed by atoms with Gasteiger partial charge in [0.1, 0.15) is 6.29 Å². The van der Waals surface area contributed by atoms with Crippen molar-refractivity contribution in [2.75, 3.05) is 0 Å². The van der Waals surface area contributed by atoms with Gasteiger partial charge < -0.3 is 4.79 Å². The molecule has 2 aromatic carbocycles. The Balaban J connectivity index is 2.28. The number of rotatable bonds is 6. The second-order valence-electron chi connectivity index (χ2n) is 4.94. The molecule has 22 heavy (non-hydrogen) atoms. The molecule has 4 nitrogen and oxygen atoms in total. The van der Waals surface area contributed by atoms with Gasteiger partial charge in [-0.15, -0.1) is 0 Å². The predicted octanol–water partition coefficient (Wildman–Crippen LogP) is 3.37. The SMILES string of the molecule is Cc1ccc(S(=O)(=O)N[C@@H](CC=O)c2ccc(Br)cc2)cc1. The summed E-state index contributed by atoms with van der Waals surface area (Å²) in [5, 5.41) is 0. The number of hydrogen-bond acceptors (Lipinski definition) is 3. The third kappa shape index (κ3) is 4.25. The van der Waals surface area contributed by atoms with Crippen molar-refractivity contribution < 1.29 is 13.2 Å². The summed E-state index contributed by atoms with van der Waals surface area (Å²) in [6.07, 6.45) is 0.789. The van der Waals surface area contributed by atoms with Crippen LogP contribution in [-0.2, 0) is 14.8 Å². The van der Waals surface area contributed by atoms with E-state index in [0.29, 0.717) is 6.29 Å². The third-order valence-electron chi connectivity index (χ3n) is 3.23. The molecule has 1 atom stereocenters. The van der Waals surface area contributed by atoms with Crippen molar-refractivity contribution in [1.29, 1.82) is 0 Å². The first-order valence-electron chi connectivity index (χ1n) is 6.70. The number of carbonyl (C=O) groups is 1. The predicted molar refractivity (Wildman–Crippen MR) is 89.1 cm³/mol. The van der Waals surface area contributed by atoms with Gasteiger partial charge in [0.25, 0.3) is 0 Å². The molecule has 6 heteroatoms. The molecule has 0 spiro atoms. The number of nitrogens with one attached hydrogen (secondary N) is 1. The van der Waals surface area contributed by atoms with Crippen molar-refractivity contribution in [3.05, 3.63) is 64.1 Å². The van der Waals surface area contributed by atoms with Crippen molar-refractivity contribution >= 4 is 32.2 Å². The van der Waals surface area contributed by atoms with Crippen LogP contribution in [0.3, 0.4) is 0 Å². The number of sulfonamides is 1. The fourth-order valence-corrected chi connectivity index (χ4v) is 3.52. The lowest BCUT2D eigenvalue weighted by molar-refractivity contribution is -0.108. The number of aryl methyl sites for hydroxylation is 1. The molecule has 1 N–H and O–H groups in total. The number of benzene rings is 2. The van der Waals surface area contributed by atoms with Gasteiger partial charge in [0, 0.05) is 10.9 Å². The van der Waals surface area contributed by atoms with Crippen LogP contribution in [0.4, 0.5) is 0 Å². The molecule has 0 saturated carbocycles. The van der Waals surface area contributed by atoms with Crippen LogP contribution in [0.2, 0.25) is 0 Å².